The number of amides is 1. The molecule has 0 atom stereocenters. The summed E-state index contributed by atoms with van der Waals surface area (Å²) in [5.74, 6) is 0.371. The molecule has 130 valence electrons. The number of rotatable bonds is 3. The molecule has 0 saturated heterocycles. The molecule has 0 radical (unpaired) electrons. The second-order valence-electron chi connectivity index (χ2n) is 6.59. The van der Waals surface area contributed by atoms with Gasteiger partial charge in [-0.2, -0.15) is 0 Å². The van der Waals surface area contributed by atoms with Crippen molar-refractivity contribution in [3.63, 3.8) is 0 Å². The fourth-order valence-corrected chi connectivity index (χ4v) is 4.11. The van der Waals surface area contributed by atoms with E-state index in [1.807, 2.05) is 25.1 Å². The summed E-state index contributed by atoms with van der Waals surface area (Å²) in [6.07, 6.45) is 4.57. The molecule has 0 spiro atoms. The quantitative estimate of drug-likeness (QED) is 0.778. The van der Waals surface area contributed by atoms with Gasteiger partial charge in [-0.1, -0.05) is 6.42 Å². The van der Waals surface area contributed by atoms with Gasteiger partial charge in [-0.3, -0.25) is 15.0 Å². The third kappa shape index (κ3) is 2.48. The second kappa shape index (κ2) is 5.80. The van der Waals surface area contributed by atoms with Gasteiger partial charge in [0.25, 0.3) is 5.56 Å². The Balaban J connectivity index is 1.91. The highest BCUT2D eigenvalue weighted by molar-refractivity contribution is 7.25. The summed E-state index contributed by atoms with van der Waals surface area (Å²) in [5, 5.41) is 0.880. The lowest BCUT2D eigenvalue weighted by Crippen LogP contribution is -2.39. The van der Waals surface area contributed by atoms with Gasteiger partial charge in [-0.25, -0.2) is 14.6 Å². The Hall–Kier alpha value is -2.48. The SMILES string of the molecule is Cc1nc2c(sc3nccc(N(C)C)c32)c(=O)n1NC(=O)C1CCC1. The molecular weight excluding hydrogens is 338 g/mol. The van der Waals surface area contributed by atoms with E-state index in [-0.39, 0.29) is 17.4 Å². The third-order valence-electron chi connectivity index (χ3n) is 4.72. The molecule has 0 aromatic carbocycles. The summed E-state index contributed by atoms with van der Waals surface area (Å²) in [5.41, 5.74) is 4.10. The van der Waals surface area contributed by atoms with Crippen molar-refractivity contribution < 1.29 is 4.79 Å². The zero-order valence-electron chi connectivity index (χ0n) is 14.4. The largest absolute Gasteiger partial charge is 0.377 e. The van der Waals surface area contributed by atoms with E-state index in [1.54, 1.807) is 13.1 Å². The van der Waals surface area contributed by atoms with Crippen molar-refractivity contribution in [2.45, 2.75) is 26.2 Å². The maximum atomic E-state index is 12.9. The van der Waals surface area contributed by atoms with Gasteiger partial charge in [-0.15, -0.1) is 11.3 Å². The fourth-order valence-electron chi connectivity index (χ4n) is 3.08. The van der Waals surface area contributed by atoms with Crippen LogP contribution in [0.4, 0.5) is 5.69 Å². The number of carbonyl (C=O) groups excluding carboxylic acids is 1. The van der Waals surface area contributed by atoms with E-state index in [2.05, 4.69) is 15.4 Å². The number of hydrogen-bond acceptors (Lipinski definition) is 6. The number of anilines is 1. The topological polar surface area (TPSA) is 80.1 Å². The summed E-state index contributed by atoms with van der Waals surface area (Å²) >= 11 is 1.31. The molecule has 4 rings (SSSR count). The van der Waals surface area contributed by atoms with Crippen molar-refractivity contribution in [2.24, 2.45) is 5.92 Å². The number of thiophene rings is 1. The van der Waals surface area contributed by atoms with E-state index in [4.69, 9.17) is 0 Å². The number of nitrogens with zero attached hydrogens (tertiary/aromatic N) is 4. The van der Waals surface area contributed by atoms with Crippen LogP contribution in [0.1, 0.15) is 25.1 Å². The van der Waals surface area contributed by atoms with Crippen LogP contribution in [0.2, 0.25) is 0 Å². The van der Waals surface area contributed by atoms with Crippen molar-refractivity contribution in [2.75, 3.05) is 24.4 Å². The third-order valence-corrected chi connectivity index (χ3v) is 5.79. The lowest BCUT2D eigenvalue weighted by molar-refractivity contribution is -0.123. The molecule has 25 heavy (non-hydrogen) atoms. The predicted octanol–water partition coefficient (Wildman–Crippen LogP) is 2.25. The molecular formula is C17H19N5O2S. The van der Waals surface area contributed by atoms with Crippen molar-refractivity contribution in [1.82, 2.24) is 14.6 Å². The Labute approximate surface area is 148 Å². The zero-order chi connectivity index (χ0) is 17.7. The van der Waals surface area contributed by atoms with Crippen LogP contribution in [-0.2, 0) is 4.79 Å². The van der Waals surface area contributed by atoms with E-state index < -0.39 is 0 Å². The van der Waals surface area contributed by atoms with Gasteiger partial charge in [0.2, 0.25) is 5.91 Å². The van der Waals surface area contributed by atoms with Crippen molar-refractivity contribution in [3.05, 3.63) is 28.4 Å². The molecule has 0 aliphatic heterocycles. The normalized spacial score (nSPS) is 14.7. The molecule has 1 aliphatic carbocycles. The lowest BCUT2D eigenvalue weighted by atomic mass is 9.85. The van der Waals surface area contributed by atoms with Crippen LogP contribution in [0.5, 0.6) is 0 Å². The van der Waals surface area contributed by atoms with Gasteiger partial charge in [0.1, 0.15) is 20.9 Å². The minimum atomic E-state index is -0.247. The Bertz CT molecular complexity index is 1050. The summed E-state index contributed by atoms with van der Waals surface area (Å²) in [7, 11) is 3.90. The summed E-state index contributed by atoms with van der Waals surface area (Å²) < 4.78 is 1.78. The first-order valence-corrected chi connectivity index (χ1v) is 9.08. The number of pyridine rings is 1. The first-order chi connectivity index (χ1) is 12.0. The summed E-state index contributed by atoms with van der Waals surface area (Å²) in [6, 6.07) is 1.91. The standard InChI is InChI=1S/C17H19N5O2S/c1-9-19-13-12-11(21(2)3)7-8-18-16(12)25-14(13)17(24)22(9)20-15(23)10-5-4-6-10/h7-8,10H,4-6H2,1-3H3,(H,20,23). The molecule has 1 N–H and O–H groups in total. The first kappa shape index (κ1) is 16.0. The highest BCUT2D eigenvalue weighted by Gasteiger charge is 2.26. The van der Waals surface area contributed by atoms with Crippen LogP contribution >= 0.6 is 11.3 Å². The predicted molar refractivity (Wildman–Crippen MR) is 100.0 cm³/mol. The van der Waals surface area contributed by atoms with Crippen LogP contribution in [0.25, 0.3) is 20.4 Å². The smallest absolute Gasteiger partial charge is 0.290 e. The number of aryl methyl sites for hydroxylation is 1. The van der Waals surface area contributed by atoms with E-state index >= 15 is 0 Å². The maximum absolute atomic E-state index is 12.9. The molecule has 8 heteroatoms. The van der Waals surface area contributed by atoms with E-state index in [1.165, 1.54) is 16.0 Å². The number of aromatic nitrogens is 3. The number of fused-ring (bicyclic) bond motifs is 3. The molecule has 1 fully saturated rings. The number of hydrogen-bond donors (Lipinski definition) is 1. The van der Waals surface area contributed by atoms with Crippen LogP contribution in [0.15, 0.2) is 17.1 Å². The monoisotopic (exact) mass is 357 g/mol. The van der Waals surface area contributed by atoms with Gasteiger partial charge in [0, 0.05) is 26.2 Å². The zero-order valence-corrected chi connectivity index (χ0v) is 15.2. The molecule has 1 aliphatic rings. The first-order valence-electron chi connectivity index (χ1n) is 8.26. The fraction of sp³-hybridized carbons (Fsp3) is 0.412. The van der Waals surface area contributed by atoms with Crippen molar-refractivity contribution >= 4 is 43.4 Å². The Morgan fingerprint density at radius 3 is 2.80 bits per heavy atom. The molecule has 7 nitrogen and oxygen atoms in total. The highest BCUT2D eigenvalue weighted by Crippen LogP contribution is 2.35. The maximum Gasteiger partial charge on any atom is 0.290 e. The van der Waals surface area contributed by atoms with Gasteiger partial charge < -0.3 is 4.90 Å². The second-order valence-corrected chi connectivity index (χ2v) is 7.59. The van der Waals surface area contributed by atoms with Gasteiger partial charge >= 0.3 is 0 Å². The van der Waals surface area contributed by atoms with Crippen LogP contribution < -0.4 is 15.9 Å². The van der Waals surface area contributed by atoms with Crippen LogP contribution in [0.3, 0.4) is 0 Å². The van der Waals surface area contributed by atoms with Crippen molar-refractivity contribution in [1.29, 1.82) is 0 Å². The number of carbonyl (C=O) groups is 1. The Morgan fingerprint density at radius 2 is 2.16 bits per heavy atom. The minimum absolute atomic E-state index is 0.00594. The van der Waals surface area contributed by atoms with Gasteiger partial charge in [0.15, 0.2) is 0 Å². The average Bonchev–Trinajstić information content (AvgIpc) is 2.88. The molecule has 3 heterocycles. The van der Waals surface area contributed by atoms with E-state index in [9.17, 15) is 9.59 Å². The molecule has 1 saturated carbocycles. The van der Waals surface area contributed by atoms with E-state index in [0.29, 0.717) is 16.0 Å². The summed E-state index contributed by atoms with van der Waals surface area (Å²) in [6.45, 7) is 1.73. The average molecular weight is 357 g/mol. The van der Waals surface area contributed by atoms with Crippen LogP contribution in [0, 0.1) is 12.8 Å². The highest BCUT2D eigenvalue weighted by atomic mass is 32.1. The van der Waals surface area contributed by atoms with Crippen LogP contribution in [-0.4, -0.2) is 34.6 Å². The Kier molecular flexibility index (Phi) is 3.72. The van der Waals surface area contributed by atoms with E-state index in [0.717, 1.165) is 35.2 Å². The molecule has 3 aromatic rings. The van der Waals surface area contributed by atoms with Gasteiger partial charge in [-0.05, 0) is 25.8 Å². The molecule has 0 unspecified atom stereocenters. The minimum Gasteiger partial charge on any atom is -0.377 e. The Morgan fingerprint density at radius 1 is 1.40 bits per heavy atom. The summed E-state index contributed by atoms with van der Waals surface area (Å²) in [4.78, 5) is 36.9. The van der Waals surface area contributed by atoms with Crippen molar-refractivity contribution in [3.8, 4) is 0 Å². The number of nitrogens with one attached hydrogen (secondary N) is 1. The lowest BCUT2D eigenvalue weighted by Gasteiger charge is -2.24. The molecule has 3 aromatic heterocycles. The van der Waals surface area contributed by atoms with Gasteiger partial charge in [0.05, 0.1) is 11.1 Å². The molecule has 0 bridgehead atoms. The molecule has 1 amide bonds.